The van der Waals surface area contributed by atoms with Crippen LogP contribution in [0.3, 0.4) is 0 Å². The minimum Gasteiger partial charge on any atom is -0.494 e. The number of rotatable bonds is 7. The molecular formula is C17H19N3O2S. The van der Waals surface area contributed by atoms with Crippen LogP contribution in [-0.4, -0.2) is 36.0 Å². The Kier molecular flexibility index (Phi) is 6.12. The minimum absolute atomic E-state index is 0.0243. The van der Waals surface area contributed by atoms with Crippen LogP contribution in [0.4, 0.5) is 0 Å². The number of aromatic nitrogens is 1. The van der Waals surface area contributed by atoms with Crippen LogP contribution in [-0.2, 0) is 11.2 Å². The maximum atomic E-state index is 12.0. The first-order chi connectivity index (χ1) is 11.1. The molecule has 1 amide bonds. The first kappa shape index (κ1) is 17.0. The molecular weight excluding hydrogens is 310 g/mol. The van der Waals surface area contributed by atoms with Crippen molar-refractivity contribution in [3.05, 3.63) is 35.3 Å². The molecule has 5 nitrogen and oxygen atoms in total. The fourth-order valence-corrected chi connectivity index (χ4v) is 2.84. The Bertz CT molecular complexity index is 689. The number of ether oxygens (including phenoxy) is 1. The molecule has 0 spiro atoms. The molecule has 0 saturated heterocycles. The van der Waals surface area contributed by atoms with Crippen molar-refractivity contribution in [2.45, 2.75) is 19.8 Å². The first-order valence-corrected chi connectivity index (χ1v) is 8.30. The number of carbonyl (C=O) groups is 1. The third-order valence-corrected chi connectivity index (χ3v) is 4.22. The Hall–Kier alpha value is -2.39. The van der Waals surface area contributed by atoms with Crippen molar-refractivity contribution in [2.75, 3.05) is 20.2 Å². The van der Waals surface area contributed by atoms with Gasteiger partial charge in [0.2, 0.25) is 5.91 Å². The predicted molar refractivity (Wildman–Crippen MR) is 90.3 cm³/mol. The van der Waals surface area contributed by atoms with Crippen molar-refractivity contribution in [3.8, 4) is 22.4 Å². The molecule has 0 saturated carbocycles. The van der Waals surface area contributed by atoms with Gasteiger partial charge in [0, 0.05) is 24.5 Å². The van der Waals surface area contributed by atoms with Gasteiger partial charge in [0.1, 0.15) is 10.8 Å². The lowest BCUT2D eigenvalue weighted by Gasteiger charge is -2.14. The molecule has 0 atom stereocenters. The van der Waals surface area contributed by atoms with Crippen LogP contribution in [0.25, 0.3) is 10.6 Å². The second-order valence-electron chi connectivity index (χ2n) is 5.00. The molecule has 2 rings (SSSR count). The Morgan fingerprint density at radius 3 is 2.78 bits per heavy atom. The summed E-state index contributed by atoms with van der Waals surface area (Å²) < 4.78 is 5.42. The fraction of sp³-hybridized carbons (Fsp3) is 0.353. The summed E-state index contributed by atoms with van der Waals surface area (Å²) in [5.41, 5.74) is 1.77. The average Bonchev–Trinajstić information content (AvgIpc) is 3.02. The Labute approximate surface area is 140 Å². The van der Waals surface area contributed by atoms with E-state index in [1.54, 1.807) is 11.9 Å². The molecule has 0 aliphatic carbocycles. The van der Waals surface area contributed by atoms with Gasteiger partial charge in [-0.15, -0.1) is 11.3 Å². The monoisotopic (exact) mass is 329 g/mol. The van der Waals surface area contributed by atoms with E-state index in [2.05, 4.69) is 4.98 Å². The molecule has 1 aromatic heterocycles. The van der Waals surface area contributed by atoms with Gasteiger partial charge in [0.25, 0.3) is 0 Å². The molecule has 23 heavy (non-hydrogen) atoms. The van der Waals surface area contributed by atoms with Crippen LogP contribution in [0, 0.1) is 11.3 Å². The van der Waals surface area contributed by atoms with E-state index in [9.17, 15) is 4.79 Å². The summed E-state index contributed by atoms with van der Waals surface area (Å²) in [7, 11) is 1.71. The third-order valence-electron chi connectivity index (χ3n) is 3.28. The largest absolute Gasteiger partial charge is 0.494 e. The summed E-state index contributed by atoms with van der Waals surface area (Å²) >= 11 is 1.52. The van der Waals surface area contributed by atoms with Gasteiger partial charge in [0.05, 0.1) is 31.2 Å². The zero-order chi connectivity index (χ0) is 16.7. The van der Waals surface area contributed by atoms with Gasteiger partial charge < -0.3 is 9.64 Å². The summed E-state index contributed by atoms with van der Waals surface area (Å²) in [5.74, 6) is 0.811. The fourth-order valence-electron chi connectivity index (χ4n) is 2.01. The van der Waals surface area contributed by atoms with E-state index < -0.39 is 0 Å². The molecule has 0 fully saturated rings. The van der Waals surface area contributed by atoms with Crippen molar-refractivity contribution in [1.82, 2.24) is 9.88 Å². The summed E-state index contributed by atoms with van der Waals surface area (Å²) in [6.45, 7) is 3.04. The van der Waals surface area contributed by atoms with Crippen LogP contribution in [0.2, 0.25) is 0 Å². The number of nitrogens with zero attached hydrogens (tertiary/aromatic N) is 3. The summed E-state index contributed by atoms with van der Waals surface area (Å²) in [6, 6.07) is 9.81. The minimum atomic E-state index is -0.0243. The lowest BCUT2D eigenvalue weighted by molar-refractivity contribution is -0.129. The van der Waals surface area contributed by atoms with Gasteiger partial charge in [-0.3, -0.25) is 4.79 Å². The molecule has 0 bridgehead atoms. The maximum absolute atomic E-state index is 12.0. The van der Waals surface area contributed by atoms with E-state index in [0.717, 1.165) is 22.0 Å². The third kappa shape index (κ3) is 4.80. The Balaban J connectivity index is 2.00. The number of hydrogen-bond acceptors (Lipinski definition) is 5. The van der Waals surface area contributed by atoms with Crippen molar-refractivity contribution < 1.29 is 9.53 Å². The van der Waals surface area contributed by atoms with Crippen molar-refractivity contribution in [2.24, 2.45) is 0 Å². The van der Waals surface area contributed by atoms with Gasteiger partial charge in [-0.05, 0) is 31.2 Å². The smallest absolute Gasteiger partial charge is 0.228 e. The van der Waals surface area contributed by atoms with Gasteiger partial charge in [-0.25, -0.2) is 4.98 Å². The van der Waals surface area contributed by atoms with Crippen molar-refractivity contribution in [3.63, 3.8) is 0 Å². The van der Waals surface area contributed by atoms with E-state index >= 15 is 0 Å². The number of likely N-dealkylation sites (N-methyl/N-ethyl adjacent to an activating group) is 1. The zero-order valence-corrected chi connectivity index (χ0v) is 14.1. The highest BCUT2D eigenvalue weighted by Gasteiger charge is 2.12. The second kappa shape index (κ2) is 8.30. The lowest BCUT2D eigenvalue weighted by Crippen LogP contribution is -2.29. The van der Waals surface area contributed by atoms with E-state index in [-0.39, 0.29) is 12.3 Å². The summed E-state index contributed by atoms with van der Waals surface area (Å²) in [5, 5.41) is 11.4. The predicted octanol–water partition coefficient (Wildman–Crippen LogP) is 3.12. The van der Waals surface area contributed by atoms with Crippen molar-refractivity contribution >= 4 is 17.2 Å². The quantitative estimate of drug-likeness (QED) is 0.783. The average molecular weight is 329 g/mol. The number of benzene rings is 1. The van der Waals surface area contributed by atoms with E-state index in [1.165, 1.54) is 11.3 Å². The first-order valence-electron chi connectivity index (χ1n) is 7.42. The molecule has 0 aliphatic heterocycles. The second-order valence-corrected chi connectivity index (χ2v) is 5.86. The number of thiazole rings is 1. The highest BCUT2D eigenvalue weighted by atomic mass is 32.1. The number of amides is 1. The van der Waals surface area contributed by atoms with Crippen LogP contribution < -0.4 is 4.74 Å². The topological polar surface area (TPSA) is 66.2 Å². The number of hydrogen-bond donors (Lipinski definition) is 0. The van der Waals surface area contributed by atoms with Crippen molar-refractivity contribution in [1.29, 1.82) is 5.26 Å². The Morgan fingerprint density at radius 2 is 2.13 bits per heavy atom. The zero-order valence-electron chi connectivity index (χ0n) is 13.3. The summed E-state index contributed by atoms with van der Waals surface area (Å²) in [6.07, 6.45) is 0.603. The van der Waals surface area contributed by atoms with E-state index in [0.29, 0.717) is 19.6 Å². The normalized spacial score (nSPS) is 10.1. The molecule has 1 heterocycles. The number of carbonyl (C=O) groups excluding carboxylic acids is 1. The molecule has 1 aromatic carbocycles. The maximum Gasteiger partial charge on any atom is 0.228 e. The van der Waals surface area contributed by atoms with Crippen LogP contribution in [0.15, 0.2) is 29.6 Å². The lowest BCUT2D eigenvalue weighted by atomic mass is 10.2. The molecule has 0 radical (unpaired) electrons. The van der Waals surface area contributed by atoms with Crippen LogP contribution in [0.1, 0.15) is 19.0 Å². The number of nitriles is 1. The van der Waals surface area contributed by atoms with Crippen LogP contribution in [0.5, 0.6) is 5.75 Å². The highest BCUT2D eigenvalue weighted by Crippen LogP contribution is 2.26. The molecule has 6 heteroatoms. The highest BCUT2D eigenvalue weighted by molar-refractivity contribution is 7.13. The van der Waals surface area contributed by atoms with Gasteiger partial charge in [-0.2, -0.15) is 5.26 Å². The Morgan fingerprint density at radius 1 is 1.39 bits per heavy atom. The summed E-state index contributed by atoms with van der Waals surface area (Å²) in [4.78, 5) is 18.1. The van der Waals surface area contributed by atoms with E-state index in [4.69, 9.17) is 10.00 Å². The SMILES string of the molecule is CCOc1ccc(-c2nc(CC(=O)N(C)CCC#N)cs2)cc1. The molecule has 120 valence electrons. The van der Waals surface area contributed by atoms with E-state index in [1.807, 2.05) is 42.6 Å². The van der Waals surface area contributed by atoms with Gasteiger partial charge in [0.15, 0.2) is 0 Å². The molecule has 0 unspecified atom stereocenters. The van der Waals surface area contributed by atoms with Gasteiger partial charge >= 0.3 is 0 Å². The molecule has 0 N–H and O–H groups in total. The van der Waals surface area contributed by atoms with Gasteiger partial charge in [-0.1, -0.05) is 0 Å². The standard InChI is InChI=1S/C17H19N3O2S/c1-3-22-15-7-5-13(6-8-15)17-19-14(12-23-17)11-16(21)20(2)10-4-9-18/h5-8,12H,3-4,10-11H2,1-2H3. The molecule has 0 aliphatic rings. The molecule has 2 aromatic rings. The van der Waals surface area contributed by atoms with Crippen LogP contribution >= 0.6 is 11.3 Å².